The number of hydrogen-bond donors (Lipinski definition) is 1. The van der Waals surface area contributed by atoms with Crippen molar-refractivity contribution in [2.24, 2.45) is 14.1 Å². The Kier molecular flexibility index (Phi) is 3.98. The van der Waals surface area contributed by atoms with Crippen LogP contribution in [0, 0.1) is 0 Å². The van der Waals surface area contributed by atoms with Crippen LogP contribution in [0.2, 0.25) is 0 Å². The minimum absolute atomic E-state index is 0.244. The normalized spacial score (nSPS) is 17.0. The van der Waals surface area contributed by atoms with Crippen molar-refractivity contribution in [3.63, 3.8) is 0 Å². The standard InChI is InChI=1S/C15H21N5O2/c1-18-13(7-14(21)19(2)15(18)22)10-20-5-3-11(4-6-20)12-8-16-17-9-12/h7-9,11H,3-6,10H2,1-2H3,(H,16,17). The fourth-order valence-electron chi connectivity index (χ4n) is 3.07. The van der Waals surface area contributed by atoms with Gasteiger partial charge in [-0.25, -0.2) is 4.79 Å². The molecule has 1 aliphatic rings. The maximum absolute atomic E-state index is 12.0. The highest BCUT2D eigenvalue weighted by Crippen LogP contribution is 2.27. The Morgan fingerprint density at radius 1 is 1.23 bits per heavy atom. The summed E-state index contributed by atoms with van der Waals surface area (Å²) in [5, 5.41) is 6.87. The number of hydrogen-bond acceptors (Lipinski definition) is 4. The lowest BCUT2D eigenvalue weighted by atomic mass is 9.91. The molecule has 1 saturated heterocycles. The van der Waals surface area contributed by atoms with E-state index < -0.39 is 0 Å². The van der Waals surface area contributed by atoms with Gasteiger partial charge >= 0.3 is 5.69 Å². The molecule has 2 aromatic heterocycles. The van der Waals surface area contributed by atoms with Crippen LogP contribution in [0.5, 0.6) is 0 Å². The van der Waals surface area contributed by atoms with Gasteiger partial charge in [0.25, 0.3) is 5.56 Å². The van der Waals surface area contributed by atoms with Crippen LogP contribution >= 0.6 is 0 Å². The van der Waals surface area contributed by atoms with E-state index in [0.717, 1.165) is 36.2 Å². The Labute approximate surface area is 128 Å². The summed E-state index contributed by atoms with van der Waals surface area (Å²) in [6, 6.07) is 1.56. The summed E-state index contributed by atoms with van der Waals surface area (Å²) in [7, 11) is 3.22. The average molecular weight is 303 g/mol. The molecule has 1 N–H and O–H groups in total. The number of nitrogens with zero attached hydrogens (tertiary/aromatic N) is 4. The summed E-state index contributed by atoms with van der Waals surface area (Å²) in [6.07, 6.45) is 5.99. The molecule has 7 nitrogen and oxygen atoms in total. The minimum atomic E-state index is -0.268. The Bertz CT molecular complexity index is 751. The van der Waals surface area contributed by atoms with E-state index in [4.69, 9.17) is 0 Å². The molecule has 118 valence electrons. The summed E-state index contributed by atoms with van der Waals surface area (Å²) in [4.78, 5) is 26.0. The lowest BCUT2D eigenvalue weighted by Crippen LogP contribution is -2.40. The molecule has 2 aromatic rings. The van der Waals surface area contributed by atoms with E-state index in [1.165, 1.54) is 12.6 Å². The molecule has 0 saturated carbocycles. The first-order valence-corrected chi connectivity index (χ1v) is 7.53. The number of likely N-dealkylation sites (tertiary alicyclic amines) is 1. The van der Waals surface area contributed by atoms with Crippen molar-refractivity contribution in [1.29, 1.82) is 0 Å². The second-order valence-corrected chi connectivity index (χ2v) is 5.96. The van der Waals surface area contributed by atoms with E-state index in [0.29, 0.717) is 12.5 Å². The second kappa shape index (κ2) is 5.92. The lowest BCUT2D eigenvalue weighted by molar-refractivity contribution is 0.200. The molecule has 0 aromatic carbocycles. The number of H-pyrrole nitrogens is 1. The van der Waals surface area contributed by atoms with Gasteiger partial charge in [0.05, 0.1) is 6.20 Å². The monoisotopic (exact) mass is 303 g/mol. The van der Waals surface area contributed by atoms with E-state index in [1.54, 1.807) is 17.7 Å². The molecular formula is C15H21N5O2. The lowest BCUT2D eigenvalue weighted by Gasteiger charge is -2.31. The van der Waals surface area contributed by atoms with Gasteiger partial charge in [0.15, 0.2) is 0 Å². The molecule has 3 rings (SSSR count). The Morgan fingerprint density at radius 3 is 2.59 bits per heavy atom. The van der Waals surface area contributed by atoms with Crippen molar-refractivity contribution in [2.75, 3.05) is 13.1 Å². The zero-order valence-electron chi connectivity index (χ0n) is 13.0. The van der Waals surface area contributed by atoms with Crippen LogP contribution in [0.3, 0.4) is 0 Å². The van der Waals surface area contributed by atoms with Crippen molar-refractivity contribution in [2.45, 2.75) is 25.3 Å². The Balaban J connectivity index is 1.69. The van der Waals surface area contributed by atoms with Crippen LogP contribution in [-0.4, -0.2) is 37.3 Å². The first kappa shape index (κ1) is 14.8. The van der Waals surface area contributed by atoms with Gasteiger partial charge < -0.3 is 0 Å². The highest BCUT2D eigenvalue weighted by atomic mass is 16.2. The molecule has 1 aliphatic heterocycles. The molecule has 0 amide bonds. The highest BCUT2D eigenvalue weighted by Gasteiger charge is 2.22. The molecule has 0 bridgehead atoms. The Hall–Kier alpha value is -2.15. The van der Waals surface area contributed by atoms with Crippen molar-refractivity contribution in [1.82, 2.24) is 24.2 Å². The zero-order valence-corrected chi connectivity index (χ0v) is 13.0. The number of aromatic nitrogens is 4. The number of rotatable bonds is 3. The smallest absolute Gasteiger partial charge is 0.299 e. The van der Waals surface area contributed by atoms with Crippen molar-refractivity contribution in [3.05, 3.63) is 50.6 Å². The van der Waals surface area contributed by atoms with Gasteiger partial charge in [-0.2, -0.15) is 5.10 Å². The predicted molar refractivity (Wildman–Crippen MR) is 82.8 cm³/mol. The number of nitrogens with one attached hydrogen (secondary N) is 1. The average Bonchev–Trinajstić information content (AvgIpc) is 3.05. The summed E-state index contributed by atoms with van der Waals surface area (Å²) in [5.74, 6) is 0.544. The van der Waals surface area contributed by atoms with Crippen molar-refractivity contribution < 1.29 is 0 Å². The van der Waals surface area contributed by atoms with Crippen LogP contribution in [0.15, 0.2) is 28.0 Å². The molecule has 7 heteroatoms. The molecule has 1 fully saturated rings. The van der Waals surface area contributed by atoms with Gasteiger partial charge in [-0.1, -0.05) is 0 Å². The third kappa shape index (κ3) is 2.76. The molecule has 0 unspecified atom stereocenters. The number of piperidine rings is 1. The van der Waals surface area contributed by atoms with E-state index in [2.05, 4.69) is 15.1 Å². The highest BCUT2D eigenvalue weighted by molar-refractivity contribution is 5.11. The zero-order chi connectivity index (χ0) is 15.7. The summed E-state index contributed by atoms with van der Waals surface area (Å²) in [5.41, 5.74) is 1.53. The fraction of sp³-hybridized carbons (Fsp3) is 0.533. The van der Waals surface area contributed by atoms with Gasteiger partial charge in [0, 0.05) is 38.6 Å². The van der Waals surface area contributed by atoms with Gasteiger partial charge in [-0.15, -0.1) is 0 Å². The van der Waals surface area contributed by atoms with Crippen LogP contribution in [0.4, 0.5) is 0 Å². The quantitative estimate of drug-likeness (QED) is 0.878. The van der Waals surface area contributed by atoms with E-state index in [-0.39, 0.29) is 11.2 Å². The molecular weight excluding hydrogens is 282 g/mol. The van der Waals surface area contributed by atoms with E-state index in [9.17, 15) is 9.59 Å². The number of aromatic amines is 1. The van der Waals surface area contributed by atoms with Crippen LogP contribution in [0.1, 0.15) is 30.0 Å². The van der Waals surface area contributed by atoms with E-state index in [1.807, 2.05) is 12.4 Å². The maximum atomic E-state index is 12.0. The Morgan fingerprint density at radius 2 is 1.95 bits per heavy atom. The largest absolute Gasteiger partial charge is 0.330 e. The summed E-state index contributed by atoms with van der Waals surface area (Å²) in [6.45, 7) is 2.55. The second-order valence-electron chi connectivity index (χ2n) is 5.96. The minimum Gasteiger partial charge on any atom is -0.299 e. The van der Waals surface area contributed by atoms with Crippen LogP contribution in [-0.2, 0) is 20.6 Å². The molecule has 0 atom stereocenters. The first-order chi connectivity index (χ1) is 10.6. The first-order valence-electron chi connectivity index (χ1n) is 7.53. The summed E-state index contributed by atoms with van der Waals surface area (Å²) < 4.78 is 2.69. The van der Waals surface area contributed by atoms with Crippen LogP contribution in [0.25, 0.3) is 0 Å². The third-order valence-electron chi connectivity index (χ3n) is 4.59. The molecule has 0 radical (unpaired) electrons. The maximum Gasteiger partial charge on any atom is 0.330 e. The van der Waals surface area contributed by atoms with Crippen molar-refractivity contribution >= 4 is 0 Å². The summed E-state index contributed by atoms with van der Waals surface area (Å²) >= 11 is 0. The van der Waals surface area contributed by atoms with Crippen molar-refractivity contribution in [3.8, 4) is 0 Å². The topological polar surface area (TPSA) is 75.9 Å². The SMILES string of the molecule is Cn1c(CN2CCC(c3cn[nH]c3)CC2)cc(=O)n(C)c1=O. The van der Waals surface area contributed by atoms with E-state index >= 15 is 0 Å². The molecule has 22 heavy (non-hydrogen) atoms. The van der Waals surface area contributed by atoms with Gasteiger partial charge in [0.1, 0.15) is 0 Å². The molecule has 3 heterocycles. The van der Waals surface area contributed by atoms with Gasteiger partial charge in [0.2, 0.25) is 0 Å². The van der Waals surface area contributed by atoms with Gasteiger partial charge in [-0.05, 0) is 37.4 Å². The van der Waals surface area contributed by atoms with Crippen LogP contribution < -0.4 is 11.2 Å². The van der Waals surface area contributed by atoms with Gasteiger partial charge in [-0.3, -0.25) is 23.9 Å². The molecule has 0 aliphatic carbocycles. The fourth-order valence-corrected chi connectivity index (χ4v) is 3.07. The predicted octanol–water partition coefficient (Wildman–Crippen LogP) is 0.187. The third-order valence-corrected chi connectivity index (χ3v) is 4.59. The molecule has 0 spiro atoms.